The lowest BCUT2D eigenvalue weighted by Crippen LogP contribution is -2.43. The molecule has 3 aliphatic rings. The van der Waals surface area contributed by atoms with E-state index >= 15 is 8.78 Å². The molecule has 1 aromatic heterocycles. The third-order valence-electron chi connectivity index (χ3n) is 8.69. The number of amides is 1. The highest BCUT2D eigenvalue weighted by molar-refractivity contribution is 5.98. The second-order valence-electron chi connectivity index (χ2n) is 11.6. The predicted octanol–water partition coefficient (Wildman–Crippen LogP) is 2.63. The summed E-state index contributed by atoms with van der Waals surface area (Å²) in [7, 11) is 1.18. The summed E-state index contributed by atoms with van der Waals surface area (Å²) in [4.78, 5) is 52.4. The zero-order valence-electron chi connectivity index (χ0n) is 25.0. The standard InChI is InChI=1S/C31H33F2N5O7/c1-15-14-44-29-26-20(28(40)21(12-37(15)26)30(41)43-3)9-23(33)27(29)36-7-6-18(11-36)35-10-17-4-5-19(8-22(17)32)38-13-24(45-31(38)42)25(34)16(2)39/h4-5,8-9,12,15,18,24-25,35H,6-7,10-11,13-14,34H2,1-3H3/t15?,18?,24?,25-/m1/s1. The molecule has 2 aromatic carbocycles. The van der Waals surface area contributed by atoms with Crippen LogP contribution in [0.15, 0.2) is 35.3 Å². The maximum atomic E-state index is 15.7. The maximum Gasteiger partial charge on any atom is 0.414 e. The van der Waals surface area contributed by atoms with Crippen LogP contribution in [0, 0.1) is 11.6 Å². The minimum absolute atomic E-state index is 0.0348. The molecule has 6 rings (SSSR count). The van der Waals surface area contributed by atoms with Gasteiger partial charge in [-0.15, -0.1) is 0 Å². The number of methoxy groups -OCH3 is 1. The van der Waals surface area contributed by atoms with Crippen molar-refractivity contribution in [2.24, 2.45) is 5.73 Å². The van der Waals surface area contributed by atoms with Crippen molar-refractivity contribution in [3.05, 3.63) is 63.4 Å². The molecule has 3 unspecified atom stereocenters. The van der Waals surface area contributed by atoms with Crippen LogP contribution in [0.3, 0.4) is 0 Å². The number of nitrogens with two attached hydrogens (primary N) is 1. The van der Waals surface area contributed by atoms with Crippen molar-refractivity contribution in [1.82, 2.24) is 9.88 Å². The number of Topliss-reactive ketones (excluding diaryl/α,β-unsaturated/α-hetero) is 1. The zero-order valence-corrected chi connectivity index (χ0v) is 25.0. The number of carbonyl (C=O) groups excluding carboxylic acids is 3. The molecular weight excluding hydrogens is 592 g/mol. The number of ether oxygens (including phenoxy) is 3. The van der Waals surface area contributed by atoms with E-state index in [-0.39, 0.29) is 59.9 Å². The first-order chi connectivity index (χ1) is 21.5. The molecular formula is C31H33F2N5O7. The van der Waals surface area contributed by atoms with Crippen molar-refractivity contribution in [3.63, 3.8) is 0 Å². The summed E-state index contributed by atoms with van der Waals surface area (Å²) in [5, 5.41) is 3.36. The monoisotopic (exact) mass is 625 g/mol. The second-order valence-corrected chi connectivity index (χ2v) is 11.6. The number of nitrogens with one attached hydrogen (secondary N) is 1. The molecule has 0 saturated carbocycles. The Morgan fingerprint density at radius 3 is 2.67 bits per heavy atom. The van der Waals surface area contributed by atoms with Gasteiger partial charge in [0.25, 0.3) is 0 Å². The zero-order chi connectivity index (χ0) is 32.2. The Morgan fingerprint density at radius 2 is 1.96 bits per heavy atom. The third kappa shape index (κ3) is 5.37. The van der Waals surface area contributed by atoms with Crippen molar-refractivity contribution >= 4 is 40.1 Å². The lowest BCUT2D eigenvalue weighted by atomic mass is 10.1. The van der Waals surface area contributed by atoms with E-state index in [9.17, 15) is 19.2 Å². The van der Waals surface area contributed by atoms with Crippen LogP contribution >= 0.6 is 0 Å². The van der Waals surface area contributed by atoms with Crippen molar-refractivity contribution in [1.29, 1.82) is 0 Å². The first-order valence-corrected chi connectivity index (χ1v) is 14.6. The number of aromatic nitrogens is 1. The molecule has 4 heterocycles. The third-order valence-corrected chi connectivity index (χ3v) is 8.69. The molecule has 2 saturated heterocycles. The van der Waals surface area contributed by atoms with E-state index in [0.29, 0.717) is 36.3 Å². The van der Waals surface area contributed by atoms with Crippen LogP contribution in [-0.4, -0.2) is 74.0 Å². The van der Waals surface area contributed by atoms with Crippen molar-refractivity contribution < 1.29 is 37.4 Å². The van der Waals surface area contributed by atoms with E-state index in [1.165, 1.54) is 31.2 Å². The van der Waals surface area contributed by atoms with Gasteiger partial charge in [-0.2, -0.15) is 0 Å². The number of esters is 1. The minimum Gasteiger partial charge on any atom is -0.487 e. The van der Waals surface area contributed by atoms with Crippen LogP contribution < -0.4 is 31.0 Å². The number of rotatable bonds is 8. The summed E-state index contributed by atoms with van der Waals surface area (Å²) in [6.07, 6.45) is 0.561. The lowest BCUT2D eigenvalue weighted by Gasteiger charge is -2.31. The molecule has 3 aliphatic heterocycles. The number of benzene rings is 2. The fourth-order valence-corrected chi connectivity index (χ4v) is 6.14. The van der Waals surface area contributed by atoms with Gasteiger partial charge in [0.2, 0.25) is 5.43 Å². The van der Waals surface area contributed by atoms with Gasteiger partial charge in [-0.1, -0.05) is 6.07 Å². The minimum atomic E-state index is -0.959. The number of halogens is 2. The van der Waals surface area contributed by atoms with Crippen LogP contribution in [-0.2, 0) is 20.8 Å². The van der Waals surface area contributed by atoms with E-state index in [4.69, 9.17) is 19.9 Å². The molecule has 45 heavy (non-hydrogen) atoms. The Labute approximate surface area is 256 Å². The number of pyridine rings is 1. The Bertz CT molecular complexity index is 1780. The summed E-state index contributed by atoms with van der Waals surface area (Å²) < 4.78 is 48.5. The highest BCUT2D eigenvalue weighted by Gasteiger charge is 2.38. The van der Waals surface area contributed by atoms with Gasteiger partial charge in [-0.3, -0.25) is 14.5 Å². The van der Waals surface area contributed by atoms with Crippen LogP contribution in [0.25, 0.3) is 10.9 Å². The molecule has 14 heteroatoms. The van der Waals surface area contributed by atoms with Crippen LogP contribution in [0.4, 0.5) is 25.0 Å². The normalized spacial score (nSPS) is 21.6. The molecule has 3 aromatic rings. The Morgan fingerprint density at radius 1 is 1.18 bits per heavy atom. The molecule has 0 spiro atoms. The van der Waals surface area contributed by atoms with E-state index in [1.54, 1.807) is 16.7 Å². The van der Waals surface area contributed by atoms with Gasteiger partial charge in [0, 0.05) is 37.4 Å². The number of ketones is 1. The number of carbonyl (C=O) groups is 3. The quantitative estimate of drug-likeness (QED) is 0.359. The van der Waals surface area contributed by atoms with Crippen molar-refractivity contribution in [2.45, 2.75) is 51.0 Å². The van der Waals surface area contributed by atoms with E-state index < -0.39 is 41.3 Å². The molecule has 2 fully saturated rings. The molecule has 0 aliphatic carbocycles. The van der Waals surface area contributed by atoms with E-state index in [1.807, 2.05) is 11.8 Å². The molecule has 238 valence electrons. The number of hydrogen-bond acceptors (Lipinski definition) is 10. The van der Waals surface area contributed by atoms with Gasteiger partial charge < -0.3 is 34.7 Å². The fraction of sp³-hybridized carbons (Fsp3) is 0.419. The molecule has 3 N–H and O–H groups in total. The van der Waals surface area contributed by atoms with Crippen molar-refractivity contribution in [2.75, 3.05) is 43.2 Å². The Hall–Kier alpha value is -4.56. The van der Waals surface area contributed by atoms with Gasteiger partial charge in [0.1, 0.15) is 41.6 Å². The van der Waals surface area contributed by atoms with E-state index in [2.05, 4.69) is 5.32 Å². The SMILES string of the molecule is COC(=O)c1cn2c3c(c(N4CCC(NCc5ccc(N6CC([C@H](N)C(C)=O)OC6=O)cc5F)C4)c(F)cc3c1=O)OCC2C. The number of anilines is 2. The number of hydrogen-bond donors (Lipinski definition) is 2. The van der Waals surface area contributed by atoms with Gasteiger partial charge in [0.15, 0.2) is 11.6 Å². The lowest BCUT2D eigenvalue weighted by molar-refractivity contribution is -0.120. The highest BCUT2D eigenvalue weighted by atomic mass is 19.1. The number of cyclic esters (lactones) is 1. The summed E-state index contributed by atoms with van der Waals surface area (Å²) in [5.41, 5.74) is 6.32. The van der Waals surface area contributed by atoms with Crippen LogP contribution in [0.1, 0.15) is 42.2 Å². The Kier molecular flexibility index (Phi) is 7.95. The molecule has 0 radical (unpaired) electrons. The second kappa shape index (κ2) is 11.7. The fourth-order valence-electron chi connectivity index (χ4n) is 6.14. The van der Waals surface area contributed by atoms with E-state index in [0.717, 1.165) is 6.07 Å². The number of nitrogens with zero attached hydrogens (tertiary/aromatic N) is 3. The first kappa shape index (κ1) is 30.5. The summed E-state index contributed by atoms with van der Waals surface area (Å²) >= 11 is 0. The Balaban J connectivity index is 1.17. The maximum absolute atomic E-state index is 15.7. The summed E-state index contributed by atoms with van der Waals surface area (Å²) in [5.74, 6) is -2.04. The average Bonchev–Trinajstić information content (AvgIpc) is 3.64. The van der Waals surface area contributed by atoms with Crippen molar-refractivity contribution in [3.8, 4) is 5.75 Å². The van der Waals surface area contributed by atoms with Crippen LogP contribution in [0.5, 0.6) is 5.75 Å². The van der Waals surface area contributed by atoms with Crippen LogP contribution in [0.2, 0.25) is 0 Å². The molecule has 1 amide bonds. The van der Waals surface area contributed by atoms with Gasteiger partial charge in [-0.25, -0.2) is 18.4 Å². The summed E-state index contributed by atoms with van der Waals surface area (Å²) in [6, 6.07) is 4.26. The highest BCUT2D eigenvalue weighted by Crippen LogP contribution is 2.43. The van der Waals surface area contributed by atoms with Gasteiger partial charge in [-0.05, 0) is 38.5 Å². The molecule has 0 bridgehead atoms. The van der Waals surface area contributed by atoms with Gasteiger partial charge in [0.05, 0.1) is 36.3 Å². The predicted molar refractivity (Wildman–Crippen MR) is 160 cm³/mol. The first-order valence-electron chi connectivity index (χ1n) is 14.6. The molecule has 4 atom stereocenters. The van der Waals surface area contributed by atoms with Gasteiger partial charge >= 0.3 is 12.1 Å². The largest absolute Gasteiger partial charge is 0.487 e. The summed E-state index contributed by atoms with van der Waals surface area (Å²) in [6.45, 7) is 4.50. The molecule has 12 nitrogen and oxygen atoms in total. The average molecular weight is 626 g/mol. The smallest absolute Gasteiger partial charge is 0.414 e. The topological polar surface area (TPSA) is 145 Å².